The van der Waals surface area contributed by atoms with Crippen molar-refractivity contribution in [2.75, 3.05) is 66.1 Å². The van der Waals surface area contributed by atoms with Gasteiger partial charge in [0.2, 0.25) is 17.7 Å². The Morgan fingerprint density at radius 1 is 0.217 bits per heavy atom. The van der Waals surface area contributed by atoms with Gasteiger partial charge < -0.3 is 254 Å². The maximum atomic E-state index is 13.1. The first-order valence-electron chi connectivity index (χ1n) is 38.2. The Kier molecular flexibility index (Phi) is 35.4. The second-order valence-corrected chi connectivity index (χ2v) is 30.3. The van der Waals surface area contributed by atoms with Crippen LogP contribution in [-0.2, 0) is 104 Å². The molecule has 0 unspecified atom stereocenters. The second-order valence-electron chi connectivity index (χ2n) is 30.3. The van der Waals surface area contributed by atoms with Crippen LogP contribution in [0.5, 0.6) is 0 Å². The number of rotatable bonds is 31. The largest absolute Gasteiger partial charge is 0.394 e. The van der Waals surface area contributed by atoms with Crippen molar-refractivity contribution in [3.05, 3.63) is 0 Å². The summed E-state index contributed by atoms with van der Waals surface area (Å²) in [5, 5.41) is 328. The van der Waals surface area contributed by atoms with Crippen LogP contribution >= 0.6 is 0 Å². The van der Waals surface area contributed by atoms with Gasteiger partial charge in [0.1, 0.15) is 244 Å². The van der Waals surface area contributed by atoms with E-state index in [2.05, 4.69) is 16.0 Å². The van der Waals surface area contributed by atoms with E-state index in [1.165, 1.54) is 0 Å². The Labute approximate surface area is 678 Å². The highest BCUT2D eigenvalue weighted by molar-refractivity contribution is 5.74. The molecular weight excluding hydrogens is 1650 g/mol. The van der Waals surface area contributed by atoms with Gasteiger partial charge in [-0.05, 0) is 0 Å². The Morgan fingerprint density at radius 2 is 0.450 bits per heavy atom. The van der Waals surface area contributed by atoms with E-state index in [9.17, 15) is 162 Å². The Balaban J connectivity index is 0.962. The smallest absolute Gasteiger partial charge is 0.217 e. The molecule has 54 heteroatoms. The Bertz CT molecular complexity index is 3170. The van der Waals surface area contributed by atoms with E-state index in [1.807, 2.05) is 0 Å². The van der Waals surface area contributed by atoms with Gasteiger partial charge in [-0.1, -0.05) is 0 Å². The molecule has 0 aromatic heterocycles. The van der Waals surface area contributed by atoms with E-state index >= 15 is 0 Å². The van der Waals surface area contributed by atoms with Crippen molar-refractivity contribution in [1.82, 2.24) is 16.0 Å². The number of aliphatic hydroxyl groups excluding tert-OH is 29. The highest BCUT2D eigenvalue weighted by Gasteiger charge is 2.62. The standard InChI is InChI=1S/C66H111N3O51/c1-14(78)67-27-36(87)50(21(8-74)104-57(27)101)114-58-28(68-15(2)79)37(88)52(23(10-76)109-58)116-65-49(100)55(35(86)26(113-65)13-103-61-48(99)54(118-63-46(97)41(92)32(83)19(6-72)107-63)34(85)25(112-61)12-102-60-44(95)39(90)30(81)17(4-70)105-60)119-66-56(42(93)33(84)20(7-73)108-66)120-59-29(69-16(3)80)38(89)51(22(9-75)110-59)115-64-47(98)43(94)53(24(11-77)111-64)117-62-45(96)40(91)31(82)18(5-71)106-62/h17-66,70-77,81-101H,4-13H2,1-3H3,(H,67,78)(H,68,79)(H,69,80)/t17-,18-,19-,20-,21-,22-,23-,24-,25-,26-,27-,28-,29-,30-,31+,32-,33-,34-,35-,36-,37-,38-,39+,40+,41+,42+,43-,44+,45-,46+,47-,48+,49+,50-,51-,52-,53+,54+,55+,56+,57-,58+,59+,60+,61+,62+,63-,64+,65+,66-/m1/s1. The summed E-state index contributed by atoms with van der Waals surface area (Å²) in [6.45, 7) is -8.13. The summed E-state index contributed by atoms with van der Waals surface area (Å²) in [5.74, 6) is -2.78. The summed E-state index contributed by atoms with van der Waals surface area (Å²) >= 11 is 0. The lowest BCUT2D eigenvalue weighted by Crippen LogP contribution is -2.71. The third-order valence-corrected chi connectivity index (χ3v) is 22.1. The summed E-state index contributed by atoms with van der Waals surface area (Å²) in [7, 11) is 0. The average Bonchev–Trinajstić information content (AvgIpc) is 0.769. The molecule has 0 aromatic carbocycles. The molecule has 10 saturated heterocycles. The highest BCUT2D eigenvalue weighted by atomic mass is 16.8. The van der Waals surface area contributed by atoms with Gasteiger partial charge in [-0.15, -0.1) is 0 Å². The van der Waals surface area contributed by atoms with Crippen molar-refractivity contribution in [1.29, 1.82) is 0 Å². The molecule has 0 saturated carbocycles. The van der Waals surface area contributed by atoms with Gasteiger partial charge in [0.25, 0.3) is 0 Å². The second kappa shape index (κ2) is 43.1. The zero-order valence-electron chi connectivity index (χ0n) is 63.9. The summed E-state index contributed by atoms with van der Waals surface area (Å²) in [4.78, 5) is 38.3. The molecule has 10 rings (SSSR count). The molecule has 3 amide bonds. The average molecular weight is 1760 g/mol. The van der Waals surface area contributed by atoms with E-state index in [0.717, 1.165) is 20.8 Å². The molecule has 0 aliphatic carbocycles. The normalized spacial score (nSPS) is 50.4. The minimum atomic E-state index is -2.62. The fourth-order valence-corrected chi connectivity index (χ4v) is 15.4. The first kappa shape index (κ1) is 98.7. The SMILES string of the molecule is CC(=O)N[C@@H]1[C@@H](O)[C@H](O[C@@H]2O[C@H](CO)[C@@H](O[C@@H]3O[C@H](CO[C@H]4O[C@H](CO[C@H]5O[C@H](CO)[C@@H](O)[C@H](O)[C@@H]5O)[C@@H](O)[C@H](O[C@H]5O[C@H](CO)[C@@H](O)[C@H](O)[C@@H]5O)[C@@H]4O)[C@@H](O)[C@H](O[C@H]4O[C@H](CO)[C@@H](O)[C@H](O)[C@@H]4O[C@@H]4O[C@H](CO)[C@@H](O[C@@H]5O[C@H](CO)[C@H](O[C@@H]6O[C@H](CO)[C@H](O)[C@H](O)[C@H]6O)[C@H](O)[C@H]5O)[C@H](O)[C@H]4NC(C)=O)[C@@H]3O)[C@H](O)[C@H]2NC(C)=O)[C@@H](CO)O[C@H]1O. The Morgan fingerprint density at radius 3 is 0.842 bits per heavy atom. The lowest BCUT2D eigenvalue weighted by atomic mass is 9.93. The third kappa shape index (κ3) is 21.4. The zero-order chi connectivity index (χ0) is 88.2. The number of aliphatic hydroxyl groups is 29. The lowest BCUT2D eigenvalue weighted by Gasteiger charge is -2.51. The third-order valence-electron chi connectivity index (χ3n) is 22.1. The first-order valence-corrected chi connectivity index (χ1v) is 38.2. The molecule has 696 valence electrons. The molecule has 50 atom stereocenters. The van der Waals surface area contributed by atoms with E-state index in [0.29, 0.717) is 0 Å². The first-order chi connectivity index (χ1) is 56.8. The number of amides is 3. The van der Waals surface area contributed by atoms with Crippen molar-refractivity contribution in [3.8, 4) is 0 Å². The van der Waals surface area contributed by atoms with E-state index in [-0.39, 0.29) is 0 Å². The molecule has 32 N–H and O–H groups in total. The van der Waals surface area contributed by atoms with Crippen LogP contribution in [0.4, 0.5) is 0 Å². The molecule has 10 fully saturated rings. The van der Waals surface area contributed by atoms with Gasteiger partial charge in [-0.3, -0.25) is 14.4 Å². The number of hydrogen-bond donors (Lipinski definition) is 32. The quantitative estimate of drug-likeness (QED) is 0.0306. The number of nitrogens with one attached hydrogen (secondary N) is 3. The van der Waals surface area contributed by atoms with E-state index in [4.69, 9.17) is 90.0 Å². The van der Waals surface area contributed by atoms with Crippen molar-refractivity contribution in [2.24, 2.45) is 0 Å². The number of ether oxygens (including phenoxy) is 19. The summed E-state index contributed by atoms with van der Waals surface area (Å²) in [6, 6.07) is -5.67. The zero-order valence-corrected chi connectivity index (χ0v) is 63.9. The molecular formula is C66H111N3O51. The van der Waals surface area contributed by atoms with Crippen LogP contribution in [0.3, 0.4) is 0 Å². The maximum absolute atomic E-state index is 13.1. The summed E-state index contributed by atoms with van der Waals surface area (Å²) in [5.41, 5.74) is 0. The van der Waals surface area contributed by atoms with Crippen LogP contribution in [0.2, 0.25) is 0 Å². The van der Waals surface area contributed by atoms with Crippen molar-refractivity contribution < 1.29 is 252 Å². The number of carbonyl (C=O) groups is 3. The fourth-order valence-electron chi connectivity index (χ4n) is 15.4. The predicted molar refractivity (Wildman–Crippen MR) is 364 cm³/mol. The molecule has 120 heavy (non-hydrogen) atoms. The van der Waals surface area contributed by atoms with E-state index in [1.54, 1.807) is 0 Å². The molecule has 0 spiro atoms. The molecule has 0 radical (unpaired) electrons. The molecule has 10 heterocycles. The lowest BCUT2D eigenvalue weighted by molar-refractivity contribution is -0.399. The maximum Gasteiger partial charge on any atom is 0.217 e. The van der Waals surface area contributed by atoms with Crippen LogP contribution in [0.1, 0.15) is 20.8 Å². The molecule has 0 bridgehead atoms. The van der Waals surface area contributed by atoms with E-state index < -0.39 is 391 Å². The van der Waals surface area contributed by atoms with Crippen molar-refractivity contribution in [3.63, 3.8) is 0 Å². The van der Waals surface area contributed by atoms with Gasteiger partial charge in [-0.25, -0.2) is 0 Å². The molecule has 0 aromatic rings. The van der Waals surface area contributed by atoms with Gasteiger partial charge in [0.15, 0.2) is 62.9 Å². The minimum absolute atomic E-state index is 0.801. The number of carbonyl (C=O) groups excluding carboxylic acids is 3. The van der Waals surface area contributed by atoms with Gasteiger partial charge in [0.05, 0.1) is 66.1 Å². The van der Waals surface area contributed by atoms with Crippen LogP contribution in [0.15, 0.2) is 0 Å². The van der Waals surface area contributed by atoms with Crippen molar-refractivity contribution >= 4 is 17.7 Å². The van der Waals surface area contributed by atoms with Crippen LogP contribution in [0.25, 0.3) is 0 Å². The van der Waals surface area contributed by atoms with Gasteiger partial charge in [-0.2, -0.15) is 0 Å². The van der Waals surface area contributed by atoms with Crippen molar-refractivity contribution in [2.45, 2.75) is 328 Å². The number of hydrogen-bond acceptors (Lipinski definition) is 51. The van der Waals surface area contributed by atoms with Crippen LogP contribution in [0, 0.1) is 0 Å². The van der Waals surface area contributed by atoms with Gasteiger partial charge in [0, 0.05) is 20.8 Å². The summed E-state index contributed by atoms with van der Waals surface area (Å²) < 4.78 is 111. The fraction of sp³-hybridized carbons (Fsp3) is 0.955. The molecule has 10 aliphatic rings. The monoisotopic (exact) mass is 1760 g/mol. The van der Waals surface area contributed by atoms with Crippen LogP contribution in [-0.4, -0.2) is 539 Å². The topological polar surface area (TPSA) is 849 Å². The highest BCUT2D eigenvalue weighted by Crippen LogP contribution is 2.41. The molecule has 10 aliphatic heterocycles. The molecule has 54 nitrogen and oxygen atoms in total. The van der Waals surface area contributed by atoms with Crippen LogP contribution < -0.4 is 16.0 Å². The Hall–Kier alpha value is -3.51. The summed E-state index contributed by atoms with van der Waals surface area (Å²) in [6.07, 6.45) is -99.2. The predicted octanol–water partition coefficient (Wildman–Crippen LogP) is -22.4. The van der Waals surface area contributed by atoms with Gasteiger partial charge >= 0.3 is 0 Å². The minimum Gasteiger partial charge on any atom is -0.394 e.